The Balaban J connectivity index is 1.63. The number of ketones is 1. The van der Waals surface area contributed by atoms with E-state index in [1.807, 2.05) is 63.2 Å². The molecular formula is C24H25N3O3. The van der Waals surface area contributed by atoms with Gasteiger partial charge < -0.3 is 10.2 Å². The molecule has 154 valence electrons. The minimum Gasteiger partial charge on any atom is -0.453 e. The Hall–Kier alpha value is -3.41. The Kier molecular flexibility index (Phi) is 4.73. The predicted molar refractivity (Wildman–Crippen MR) is 117 cm³/mol. The maximum atomic E-state index is 13.0. The molecule has 0 radical (unpaired) electrons. The summed E-state index contributed by atoms with van der Waals surface area (Å²) < 4.78 is 5.86. The lowest BCUT2D eigenvalue weighted by atomic mass is 9.86. The zero-order valence-electron chi connectivity index (χ0n) is 17.7. The van der Waals surface area contributed by atoms with Gasteiger partial charge in [-0.25, -0.2) is 4.99 Å². The Labute approximate surface area is 175 Å². The van der Waals surface area contributed by atoms with E-state index in [1.54, 1.807) is 7.05 Å². The first kappa shape index (κ1) is 19.9. The number of guanidine groups is 1. The molecule has 6 heteroatoms. The third-order valence-corrected chi connectivity index (χ3v) is 5.83. The fourth-order valence-electron chi connectivity index (χ4n) is 3.96. The Morgan fingerprint density at radius 3 is 2.73 bits per heavy atom. The van der Waals surface area contributed by atoms with Gasteiger partial charge in [-0.05, 0) is 44.0 Å². The van der Waals surface area contributed by atoms with Crippen LogP contribution in [0.5, 0.6) is 0 Å². The lowest BCUT2D eigenvalue weighted by Crippen LogP contribution is -2.47. The lowest BCUT2D eigenvalue weighted by Gasteiger charge is -2.33. The number of nitrogens with zero attached hydrogens (tertiary/aromatic N) is 2. The van der Waals surface area contributed by atoms with Crippen molar-refractivity contribution < 1.29 is 14.0 Å². The van der Waals surface area contributed by atoms with E-state index in [4.69, 9.17) is 10.2 Å². The molecule has 0 aliphatic carbocycles. The van der Waals surface area contributed by atoms with E-state index in [2.05, 4.69) is 4.99 Å². The summed E-state index contributed by atoms with van der Waals surface area (Å²) in [6.45, 7) is 5.82. The largest absolute Gasteiger partial charge is 0.453 e. The van der Waals surface area contributed by atoms with Crippen LogP contribution in [0.4, 0.5) is 0 Å². The van der Waals surface area contributed by atoms with Crippen LogP contribution in [0.15, 0.2) is 51.9 Å². The summed E-state index contributed by atoms with van der Waals surface area (Å²) in [5.74, 6) is 0.429. The van der Waals surface area contributed by atoms with Gasteiger partial charge in [0, 0.05) is 24.4 Å². The molecule has 1 atom stereocenters. The normalized spacial score (nSPS) is 19.3. The molecule has 0 spiro atoms. The van der Waals surface area contributed by atoms with Crippen LogP contribution in [-0.2, 0) is 16.8 Å². The summed E-state index contributed by atoms with van der Waals surface area (Å²) in [5.41, 5.74) is 9.58. The molecule has 30 heavy (non-hydrogen) atoms. The van der Waals surface area contributed by atoms with Gasteiger partial charge in [-0.3, -0.25) is 14.5 Å². The lowest BCUT2D eigenvalue weighted by molar-refractivity contribution is -0.128. The van der Waals surface area contributed by atoms with E-state index in [-0.39, 0.29) is 30.5 Å². The van der Waals surface area contributed by atoms with Gasteiger partial charge in [0.2, 0.25) is 11.7 Å². The Morgan fingerprint density at radius 2 is 2.00 bits per heavy atom. The van der Waals surface area contributed by atoms with E-state index in [9.17, 15) is 9.59 Å². The maximum absolute atomic E-state index is 13.0. The van der Waals surface area contributed by atoms with Crippen LogP contribution in [0.2, 0.25) is 0 Å². The zero-order chi connectivity index (χ0) is 21.6. The monoisotopic (exact) mass is 403 g/mol. The number of furan rings is 1. The van der Waals surface area contributed by atoms with Crippen molar-refractivity contribution in [1.82, 2.24) is 4.90 Å². The van der Waals surface area contributed by atoms with E-state index in [0.29, 0.717) is 5.76 Å². The van der Waals surface area contributed by atoms with Crippen molar-refractivity contribution >= 4 is 28.6 Å². The molecule has 1 amide bonds. The van der Waals surface area contributed by atoms with Gasteiger partial charge in [0.1, 0.15) is 5.58 Å². The van der Waals surface area contributed by atoms with Gasteiger partial charge in [0.05, 0.1) is 12.0 Å². The van der Waals surface area contributed by atoms with Gasteiger partial charge in [0.15, 0.2) is 11.7 Å². The van der Waals surface area contributed by atoms with Crippen LogP contribution in [0, 0.1) is 13.8 Å². The topological polar surface area (TPSA) is 88.9 Å². The van der Waals surface area contributed by atoms with E-state index < -0.39 is 5.54 Å². The van der Waals surface area contributed by atoms with Crippen molar-refractivity contribution in [3.05, 3.63) is 70.5 Å². The minimum absolute atomic E-state index is 0.0777. The first-order chi connectivity index (χ1) is 14.2. The molecule has 0 saturated heterocycles. The van der Waals surface area contributed by atoms with Gasteiger partial charge in [0.25, 0.3) is 0 Å². The number of Topliss-reactive ketones (excluding diaryl/α,β-unsaturated/α-hetero) is 1. The van der Waals surface area contributed by atoms with Crippen LogP contribution >= 0.6 is 0 Å². The number of hydrogen-bond donors (Lipinski definition) is 1. The third kappa shape index (κ3) is 3.38. The second kappa shape index (κ2) is 7.13. The average Bonchev–Trinajstić information content (AvgIpc) is 3.02. The molecule has 0 fully saturated rings. The van der Waals surface area contributed by atoms with Crippen LogP contribution in [-0.4, -0.2) is 29.6 Å². The molecule has 1 aliphatic rings. The molecule has 6 nitrogen and oxygen atoms in total. The second-order valence-corrected chi connectivity index (χ2v) is 8.23. The van der Waals surface area contributed by atoms with E-state index in [0.717, 1.165) is 33.2 Å². The summed E-state index contributed by atoms with van der Waals surface area (Å²) >= 11 is 0. The molecule has 3 aromatic rings. The van der Waals surface area contributed by atoms with Crippen LogP contribution < -0.4 is 5.73 Å². The highest BCUT2D eigenvalue weighted by atomic mass is 16.3. The molecule has 1 unspecified atom stereocenters. The van der Waals surface area contributed by atoms with E-state index in [1.165, 1.54) is 4.90 Å². The quantitative estimate of drug-likeness (QED) is 0.670. The number of carbonyl (C=O) groups is 2. The summed E-state index contributed by atoms with van der Waals surface area (Å²) in [4.78, 5) is 31.2. The van der Waals surface area contributed by atoms with Gasteiger partial charge in [-0.15, -0.1) is 0 Å². The first-order valence-electron chi connectivity index (χ1n) is 9.92. The maximum Gasteiger partial charge on any atom is 0.231 e. The number of amides is 1. The summed E-state index contributed by atoms with van der Waals surface area (Å²) in [7, 11) is 1.62. The molecule has 0 bridgehead atoms. The number of aryl methyl sites for hydroxylation is 2. The Bertz CT molecular complexity index is 1210. The third-order valence-electron chi connectivity index (χ3n) is 5.83. The summed E-state index contributed by atoms with van der Waals surface area (Å²) in [5, 5.41) is 0.967. The molecule has 1 aliphatic heterocycles. The van der Waals surface area contributed by atoms with Crippen LogP contribution in [0.3, 0.4) is 0 Å². The fourth-order valence-corrected chi connectivity index (χ4v) is 3.96. The standard InChI is InChI=1S/C24H25N3O3/c1-14-8-9-20-18(10-14)15(2)22(30-20)19(28)12-16-6-5-7-17(11-16)24(3)13-21(29)27(4)23(25)26-24/h5-11H,12-13H2,1-4H3,(H2,25,26). The van der Waals surface area contributed by atoms with Crippen molar-refractivity contribution in [2.24, 2.45) is 10.7 Å². The van der Waals surface area contributed by atoms with Gasteiger partial charge >= 0.3 is 0 Å². The highest BCUT2D eigenvalue weighted by Crippen LogP contribution is 2.33. The highest BCUT2D eigenvalue weighted by molar-refractivity contribution is 6.01. The van der Waals surface area contributed by atoms with Crippen molar-refractivity contribution in [3.8, 4) is 0 Å². The number of nitrogens with two attached hydrogens (primary N) is 1. The molecule has 0 saturated carbocycles. The van der Waals surface area contributed by atoms with Crippen molar-refractivity contribution in [1.29, 1.82) is 0 Å². The Morgan fingerprint density at radius 1 is 1.23 bits per heavy atom. The number of benzene rings is 2. The molecule has 4 rings (SSSR count). The molecule has 2 heterocycles. The van der Waals surface area contributed by atoms with Crippen LogP contribution in [0.1, 0.15) is 46.2 Å². The first-order valence-corrected chi connectivity index (χ1v) is 9.92. The minimum atomic E-state index is -0.750. The van der Waals surface area contributed by atoms with Gasteiger partial charge in [-0.1, -0.05) is 35.9 Å². The second-order valence-electron chi connectivity index (χ2n) is 8.23. The van der Waals surface area contributed by atoms with Crippen molar-refractivity contribution in [3.63, 3.8) is 0 Å². The molecular weight excluding hydrogens is 378 g/mol. The predicted octanol–water partition coefficient (Wildman–Crippen LogP) is 3.87. The van der Waals surface area contributed by atoms with Crippen LogP contribution in [0.25, 0.3) is 11.0 Å². The molecule has 2 aromatic carbocycles. The SMILES string of the molecule is Cc1ccc2oc(C(=O)Cc3cccc(C4(C)CC(=O)N(C)C(N)=N4)c3)c(C)c2c1. The number of aliphatic imine (C=N–C) groups is 1. The van der Waals surface area contributed by atoms with Crippen molar-refractivity contribution in [2.45, 2.75) is 39.2 Å². The summed E-state index contributed by atoms with van der Waals surface area (Å²) in [6.07, 6.45) is 0.431. The fraction of sp³-hybridized carbons (Fsp3) is 0.292. The number of carbonyl (C=O) groups excluding carboxylic acids is 2. The zero-order valence-corrected chi connectivity index (χ0v) is 17.7. The molecule has 2 N–H and O–H groups in total. The summed E-state index contributed by atoms with van der Waals surface area (Å²) in [6, 6.07) is 13.5. The highest BCUT2D eigenvalue weighted by Gasteiger charge is 2.36. The average molecular weight is 403 g/mol. The van der Waals surface area contributed by atoms with Gasteiger partial charge in [-0.2, -0.15) is 0 Å². The smallest absolute Gasteiger partial charge is 0.231 e. The van der Waals surface area contributed by atoms with Crippen molar-refractivity contribution in [2.75, 3.05) is 7.05 Å². The number of hydrogen-bond acceptors (Lipinski definition) is 5. The number of fused-ring (bicyclic) bond motifs is 1. The number of rotatable bonds is 4. The molecule has 1 aromatic heterocycles. The van der Waals surface area contributed by atoms with E-state index >= 15 is 0 Å².